The molecule has 0 bridgehead atoms. The van der Waals surface area contributed by atoms with Crippen LogP contribution in [-0.2, 0) is 6.54 Å². The van der Waals surface area contributed by atoms with Crippen LogP contribution in [0.3, 0.4) is 0 Å². The van der Waals surface area contributed by atoms with Crippen LogP contribution in [0.1, 0.15) is 11.1 Å². The average molecular weight is 237 g/mol. The van der Waals surface area contributed by atoms with E-state index in [1.807, 2.05) is 34.9 Å². The summed E-state index contributed by atoms with van der Waals surface area (Å²) < 4.78 is 2.03. The first-order valence-electron chi connectivity index (χ1n) is 6.02. The van der Waals surface area contributed by atoms with E-state index in [4.69, 9.17) is 10.7 Å². The molecule has 2 heterocycles. The van der Waals surface area contributed by atoms with E-state index in [1.165, 1.54) is 11.1 Å². The Labute approximate surface area is 106 Å². The van der Waals surface area contributed by atoms with Crippen LogP contribution in [0.25, 0.3) is 16.9 Å². The summed E-state index contributed by atoms with van der Waals surface area (Å²) in [6.45, 7) is 2.61. The van der Waals surface area contributed by atoms with Crippen LogP contribution in [-0.4, -0.2) is 9.38 Å². The van der Waals surface area contributed by atoms with Crippen molar-refractivity contribution in [3.8, 4) is 11.3 Å². The molecule has 0 spiro atoms. The molecule has 0 unspecified atom stereocenters. The van der Waals surface area contributed by atoms with E-state index in [1.54, 1.807) is 0 Å². The minimum atomic E-state index is 0.508. The highest BCUT2D eigenvalue weighted by molar-refractivity contribution is 5.67. The summed E-state index contributed by atoms with van der Waals surface area (Å²) in [5.41, 5.74) is 11.1. The van der Waals surface area contributed by atoms with E-state index >= 15 is 0 Å². The SMILES string of the molecule is Cc1ccccc1-c1cn2cccc(CN)c2n1. The molecule has 1 aromatic carbocycles. The van der Waals surface area contributed by atoms with Crippen molar-refractivity contribution in [1.29, 1.82) is 0 Å². The molecule has 0 saturated carbocycles. The predicted molar refractivity (Wildman–Crippen MR) is 73.3 cm³/mol. The zero-order valence-corrected chi connectivity index (χ0v) is 10.3. The number of hydrogen-bond acceptors (Lipinski definition) is 2. The molecule has 0 aliphatic heterocycles. The molecule has 0 radical (unpaired) electrons. The number of imidazole rings is 1. The lowest BCUT2D eigenvalue weighted by molar-refractivity contribution is 1.04. The molecule has 0 amide bonds. The van der Waals surface area contributed by atoms with Crippen molar-refractivity contribution in [2.45, 2.75) is 13.5 Å². The monoisotopic (exact) mass is 237 g/mol. The number of rotatable bonds is 2. The second-order valence-electron chi connectivity index (χ2n) is 4.41. The van der Waals surface area contributed by atoms with Gasteiger partial charge in [0.1, 0.15) is 5.65 Å². The topological polar surface area (TPSA) is 43.3 Å². The molecule has 0 saturated heterocycles. The van der Waals surface area contributed by atoms with Crippen LogP contribution in [0.2, 0.25) is 0 Å². The Hall–Kier alpha value is -2.13. The third-order valence-electron chi connectivity index (χ3n) is 3.20. The molecule has 0 atom stereocenters. The molecule has 3 aromatic rings. The summed E-state index contributed by atoms with van der Waals surface area (Å²) in [7, 11) is 0. The Morgan fingerprint density at radius 2 is 2.00 bits per heavy atom. The predicted octanol–water partition coefficient (Wildman–Crippen LogP) is 2.77. The summed E-state index contributed by atoms with van der Waals surface area (Å²) in [6, 6.07) is 12.3. The zero-order chi connectivity index (χ0) is 12.5. The third-order valence-corrected chi connectivity index (χ3v) is 3.20. The molecule has 90 valence electrons. The molecule has 0 aliphatic rings. The summed E-state index contributed by atoms with van der Waals surface area (Å²) in [4.78, 5) is 4.70. The van der Waals surface area contributed by atoms with Crippen molar-refractivity contribution >= 4 is 5.65 Å². The van der Waals surface area contributed by atoms with Gasteiger partial charge in [0, 0.05) is 30.1 Å². The Kier molecular flexibility index (Phi) is 2.61. The number of pyridine rings is 1. The number of aryl methyl sites for hydroxylation is 1. The van der Waals surface area contributed by atoms with Gasteiger partial charge in [-0.25, -0.2) is 4.98 Å². The number of nitrogens with zero attached hydrogens (tertiary/aromatic N) is 2. The maximum atomic E-state index is 5.74. The highest BCUT2D eigenvalue weighted by Gasteiger charge is 2.08. The van der Waals surface area contributed by atoms with Gasteiger partial charge in [-0.05, 0) is 18.6 Å². The van der Waals surface area contributed by atoms with Gasteiger partial charge in [0.05, 0.1) is 5.69 Å². The number of benzene rings is 1. The summed E-state index contributed by atoms with van der Waals surface area (Å²) in [5, 5.41) is 0. The minimum absolute atomic E-state index is 0.508. The number of hydrogen-bond donors (Lipinski definition) is 1. The fourth-order valence-electron chi connectivity index (χ4n) is 2.22. The Morgan fingerprint density at radius 3 is 2.78 bits per heavy atom. The van der Waals surface area contributed by atoms with Gasteiger partial charge < -0.3 is 10.1 Å². The van der Waals surface area contributed by atoms with E-state index in [9.17, 15) is 0 Å². The second-order valence-corrected chi connectivity index (χ2v) is 4.41. The van der Waals surface area contributed by atoms with Crippen LogP contribution in [0.15, 0.2) is 48.8 Å². The average Bonchev–Trinajstić information content (AvgIpc) is 2.82. The van der Waals surface area contributed by atoms with Crippen molar-refractivity contribution in [3.05, 3.63) is 59.9 Å². The van der Waals surface area contributed by atoms with Crippen molar-refractivity contribution in [2.24, 2.45) is 5.73 Å². The van der Waals surface area contributed by atoms with E-state index in [0.29, 0.717) is 6.54 Å². The minimum Gasteiger partial charge on any atom is -0.326 e. The fraction of sp³-hybridized carbons (Fsp3) is 0.133. The van der Waals surface area contributed by atoms with Crippen molar-refractivity contribution in [1.82, 2.24) is 9.38 Å². The molecular weight excluding hydrogens is 222 g/mol. The molecule has 0 fully saturated rings. The standard InChI is InChI=1S/C15H15N3/c1-11-5-2-3-7-13(11)14-10-18-8-4-6-12(9-16)15(18)17-14/h2-8,10H,9,16H2,1H3. The van der Waals surface area contributed by atoms with Gasteiger partial charge >= 0.3 is 0 Å². The molecule has 18 heavy (non-hydrogen) atoms. The van der Waals surface area contributed by atoms with E-state index in [2.05, 4.69) is 25.3 Å². The van der Waals surface area contributed by atoms with Crippen molar-refractivity contribution < 1.29 is 0 Å². The van der Waals surface area contributed by atoms with Crippen LogP contribution >= 0.6 is 0 Å². The van der Waals surface area contributed by atoms with Gasteiger partial charge in [-0.3, -0.25) is 0 Å². The summed E-state index contributed by atoms with van der Waals surface area (Å²) in [6.07, 6.45) is 4.06. The van der Waals surface area contributed by atoms with Gasteiger partial charge in [-0.1, -0.05) is 30.3 Å². The fourth-order valence-corrected chi connectivity index (χ4v) is 2.22. The van der Waals surface area contributed by atoms with E-state index in [-0.39, 0.29) is 0 Å². The first kappa shape index (κ1) is 11.0. The molecule has 3 nitrogen and oxygen atoms in total. The number of aromatic nitrogens is 2. The Bertz CT molecular complexity index is 698. The van der Waals surface area contributed by atoms with Gasteiger partial charge in [-0.2, -0.15) is 0 Å². The Morgan fingerprint density at radius 1 is 1.17 bits per heavy atom. The molecular formula is C15H15N3. The van der Waals surface area contributed by atoms with Gasteiger partial charge in [-0.15, -0.1) is 0 Å². The second kappa shape index (κ2) is 4.27. The highest BCUT2D eigenvalue weighted by Crippen LogP contribution is 2.23. The van der Waals surface area contributed by atoms with Gasteiger partial charge in [0.25, 0.3) is 0 Å². The molecule has 3 rings (SSSR count). The quantitative estimate of drug-likeness (QED) is 0.744. The number of nitrogens with two attached hydrogens (primary N) is 1. The van der Waals surface area contributed by atoms with Crippen LogP contribution < -0.4 is 5.73 Å². The van der Waals surface area contributed by atoms with Crippen molar-refractivity contribution in [2.75, 3.05) is 0 Å². The summed E-state index contributed by atoms with van der Waals surface area (Å²) >= 11 is 0. The zero-order valence-electron chi connectivity index (χ0n) is 10.3. The Balaban J connectivity index is 2.23. The smallest absolute Gasteiger partial charge is 0.141 e. The third kappa shape index (κ3) is 1.69. The molecule has 2 aromatic heterocycles. The summed E-state index contributed by atoms with van der Waals surface area (Å²) in [5.74, 6) is 0. The van der Waals surface area contributed by atoms with Crippen LogP contribution in [0.5, 0.6) is 0 Å². The van der Waals surface area contributed by atoms with Crippen molar-refractivity contribution in [3.63, 3.8) is 0 Å². The number of fused-ring (bicyclic) bond motifs is 1. The van der Waals surface area contributed by atoms with Gasteiger partial charge in [0.2, 0.25) is 0 Å². The van der Waals surface area contributed by atoms with E-state index in [0.717, 1.165) is 16.9 Å². The normalized spacial score (nSPS) is 11.0. The highest BCUT2D eigenvalue weighted by atomic mass is 15.0. The largest absolute Gasteiger partial charge is 0.326 e. The maximum Gasteiger partial charge on any atom is 0.141 e. The van der Waals surface area contributed by atoms with Crippen LogP contribution in [0, 0.1) is 6.92 Å². The van der Waals surface area contributed by atoms with Gasteiger partial charge in [0.15, 0.2) is 0 Å². The first-order valence-corrected chi connectivity index (χ1v) is 6.02. The molecule has 3 heteroatoms. The van der Waals surface area contributed by atoms with Crippen LogP contribution in [0.4, 0.5) is 0 Å². The maximum absolute atomic E-state index is 5.74. The van der Waals surface area contributed by atoms with E-state index < -0.39 is 0 Å². The lowest BCUT2D eigenvalue weighted by Gasteiger charge is -2.00. The lowest BCUT2D eigenvalue weighted by Crippen LogP contribution is -1.99. The molecule has 0 aliphatic carbocycles. The molecule has 2 N–H and O–H groups in total. The lowest BCUT2D eigenvalue weighted by atomic mass is 10.1. The first-order chi connectivity index (χ1) is 8.79.